The van der Waals surface area contributed by atoms with Crippen LogP contribution in [0.2, 0.25) is 0 Å². The lowest BCUT2D eigenvalue weighted by molar-refractivity contribution is -0.00518. The molecule has 168 valence electrons. The van der Waals surface area contributed by atoms with Crippen LogP contribution >= 0.6 is 0 Å². The molecule has 4 bridgehead atoms. The fourth-order valence-electron chi connectivity index (χ4n) is 8.38. The highest BCUT2D eigenvalue weighted by Crippen LogP contribution is 2.60. The van der Waals surface area contributed by atoms with Crippen LogP contribution in [-0.4, -0.2) is 0 Å². The summed E-state index contributed by atoms with van der Waals surface area (Å²) in [6, 6.07) is 27.3. The number of aryl methyl sites for hydroxylation is 1. The Hall–Kier alpha value is -3.06. The molecule has 4 aliphatic rings. The van der Waals surface area contributed by atoms with Crippen LogP contribution in [0.15, 0.2) is 77.2 Å². The number of furan rings is 1. The molecular weight excluding hydrogens is 412 g/mol. The summed E-state index contributed by atoms with van der Waals surface area (Å²) in [6.45, 7) is 2.18. The number of fused-ring (bicyclic) bond motifs is 4. The van der Waals surface area contributed by atoms with Gasteiger partial charge in [-0.15, -0.1) is 0 Å². The van der Waals surface area contributed by atoms with Crippen LogP contribution in [-0.2, 0) is 5.41 Å². The Kier molecular flexibility index (Phi) is 3.83. The van der Waals surface area contributed by atoms with Crippen LogP contribution in [0.3, 0.4) is 0 Å². The van der Waals surface area contributed by atoms with Gasteiger partial charge in [0.2, 0.25) is 0 Å². The van der Waals surface area contributed by atoms with E-state index in [4.69, 9.17) is 4.42 Å². The lowest BCUT2D eigenvalue weighted by atomic mass is 9.48. The molecule has 1 heteroatoms. The molecule has 0 N–H and O–H groups in total. The lowest BCUT2D eigenvalue weighted by Crippen LogP contribution is -2.48. The molecule has 0 unspecified atom stereocenters. The lowest BCUT2D eigenvalue weighted by Gasteiger charge is -2.57. The minimum atomic E-state index is 0.467. The number of rotatable bonds is 2. The molecule has 4 aromatic carbocycles. The zero-order valence-corrected chi connectivity index (χ0v) is 19.8. The van der Waals surface area contributed by atoms with Crippen molar-refractivity contribution in [3.8, 4) is 11.1 Å². The Bertz CT molecular complexity index is 1550. The van der Waals surface area contributed by atoms with Crippen molar-refractivity contribution in [3.63, 3.8) is 0 Å². The molecule has 0 aliphatic heterocycles. The second-order valence-electron chi connectivity index (χ2n) is 11.7. The highest BCUT2D eigenvalue weighted by atomic mass is 16.3. The first-order valence-electron chi connectivity index (χ1n) is 13.1. The number of hydrogen-bond acceptors (Lipinski definition) is 1. The molecule has 0 amide bonds. The van der Waals surface area contributed by atoms with Crippen LogP contribution < -0.4 is 0 Å². The van der Waals surface area contributed by atoms with Gasteiger partial charge in [0, 0.05) is 10.8 Å². The maximum atomic E-state index is 6.34. The summed E-state index contributed by atoms with van der Waals surface area (Å²) in [5.41, 5.74) is 7.87. The summed E-state index contributed by atoms with van der Waals surface area (Å²) in [7, 11) is 0. The molecule has 1 heterocycles. The van der Waals surface area contributed by atoms with Crippen LogP contribution in [0.5, 0.6) is 0 Å². The van der Waals surface area contributed by atoms with Crippen molar-refractivity contribution in [3.05, 3.63) is 83.9 Å². The van der Waals surface area contributed by atoms with Gasteiger partial charge in [-0.3, -0.25) is 0 Å². The van der Waals surface area contributed by atoms with Crippen molar-refractivity contribution in [2.75, 3.05) is 0 Å². The average molecular weight is 443 g/mol. The molecule has 9 rings (SSSR count). The fraction of sp³-hybridized carbons (Fsp3) is 0.333. The van der Waals surface area contributed by atoms with E-state index in [-0.39, 0.29) is 0 Å². The Balaban J connectivity index is 1.22. The van der Waals surface area contributed by atoms with E-state index in [1.54, 1.807) is 5.56 Å². The predicted molar refractivity (Wildman–Crippen MR) is 141 cm³/mol. The third-order valence-electron chi connectivity index (χ3n) is 9.49. The Morgan fingerprint density at radius 3 is 2.00 bits per heavy atom. The van der Waals surface area contributed by atoms with Gasteiger partial charge in [-0.1, -0.05) is 48.5 Å². The Labute approximate surface area is 200 Å². The van der Waals surface area contributed by atoms with Gasteiger partial charge in [-0.2, -0.15) is 0 Å². The quantitative estimate of drug-likeness (QED) is 0.265. The van der Waals surface area contributed by atoms with Crippen LogP contribution in [0.1, 0.15) is 49.7 Å². The topological polar surface area (TPSA) is 13.1 Å². The van der Waals surface area contributed by atoms with Gasteiger partial charge in [0.1, 0.15) is 11.2 Å². The van der Waals surface area contributed by atoms with E-state index in [1.807, 2.05) is 0 Å². The zero-order chi connectivity index (χ0) is 22.4. The van der Waals surface area contributed by atoms with Gasteiger partial charge in [-0.05, 0) is 126 Å². The second-order valence-corrected chi connectivity index (χ2v) is 11.7. The third kappa shape index (κ3) is 2.73. The van der Waals surface area contributed by atoms with Crippen molar-refractivity contribution in [1.82, 2.24) is 0 Å². The molecule has 4 saturated carbocycles. The fourth-order valence-corrected chi connectivity index (χ4v) is 8.38. The summed E-state index contributed by atoms with van der Waals surface area (Å²) in [5, 5.41) is 4.93. The van der Waals surface area contributed by atoms with Crippen molar-refractivity contribution >= 4 is 32.7 Å². The molecule has 4 aliphatic carbocycles. The highest BCUT2D eigenvalue weighted by molar-refractivity contribution is 6.11. The van der Waals surface area contributed by atoms with E-state index in [0.717, 1.165) is 28.9 Å². The number of hydrogen-bond donors (Lipinski definition) is 0. The standard InChI is InChI=1S/C33H30O/c1-20-10-27(15-30-29-14-25-4-2-3-5-26(25)16-31(29)34-32(20)30)24-6-8-28(9-7-24)33-17-21-11-22(18-33)13-23(12-21)19-33/h2-10,14-16,21-23H,11-13,17-19H2,1H3. The molecular formula is C33H30O. The summed E-state index contributed by atoms with van der Waals surface area (Å²) in [4.78, 5) is 0. The maximum absolute atomic E-state index is 6.34. The number of benzene rings is 4. The van der Waals surface area contributed by atoms with Gasteiger partial charge in [0.25, 0.3) is 0 Å². The van der Waals surface area contributed by atoms with Crippen LogP contribution in [0.25, 0.3) is 43.8 Å². The zero-order valence-electron chi connectivity index (χ0n) is 19.8. The maximum Gasteiger partial charge on any atom is 0.138 e. The van der Waals surface area contributed by atoms with Gasteiger partial charge in [0.05, 0.1) is 0 Å². The van der Waals surface area contributed by atoms with Crippen LogP contribution in [0.4, 0.5) is 0 Å². The minimum absolute atomic E-state index is 0.467. The molecule has 0 spiro atoms. The van der Waals surface area contributed by atoms with E-state index in [1.165, 1.54) is 76.8 Å². The molecule has 5 aromatic rings. The van der Waals surface area contributed by atoms with Crippen molar-refractivity contribution < 1.29 is 4.42 Å². The normalized spacial score (nSPS) is 27.9. The monoisotopic (exact) mass is 442 g/mol. The SMILES string of the molecule is Cc1cc(-c2ccc(C34CC5CC(CC(C5)C3)C4)cc2)cc2c1oc1cc3ccccc3cc12. The molecule has 0 saturated heterocycles. The molecule has 34 heavy (non-hydrogen) atoms. The largest absolute Gasteiger partial charge is 0.456 e. The van der Waals surface area contributed by atoms with Gasteiger partial charge in [0.15, 0.2) is 0 Å². The Morgan fingerprint density at radius 2 is 1.32 bits per heavy atom. The predicted octanol–water partition coefficient (Wildman–Crippen LogP) is 9.18. The molecule has 0 radical (unpaired) electrons. The van der Waals surface area contributed by atoms with Crippen LogP contribution in [0, 0.1) is 24.7 Å². The smallest absolute Gasteiger partial charge is 0.138 e. The summed E-state index contributed by atoms with van der Waals surface area (Å²) in [6.07, 6.45) is 8.80. The van der Waals surface area contributed by atoms with Gasteiger partial charge >= 0.3 is 0 Å². The summed E-state index contributed by atoms with van der Waals surface area (Å²) < 4.78 is 6.34. The first kappa shape index (κ1) is 19.3. The summed E-state index contributed by atoms with van der Waals surface area (Å²) in [5.74, 6) is 2.96. The van der Waals surface area contributed by atoms with Gasteiger partial charge in [-0.25, -0.2) is 0 Å². The van der Waals surface area contributed by atoms with Crippen molar-refractivity contribution in [1.29, 1.82) is 0 Å². The van der Waals surface area contributed by atoms with E-state index in [0.29, 0.717) is 5.41 Å². The van der Waals surface area contributed by atoms with E-state index >= 15 is 0 Å². The van der Waals surface area contributed by atoms with Crippen molar-refractivity contribution in [2.45, 2.75) is 50.9 Å². The average Bonchev–Trinajstić information content (AvgIpc) is 3.20. The molecule has 4 fully saturated rings. The third-order valence-corrected chi connectivity index (χ3v) is 9.49. The van der Waals surface area contributed by atoms with Crippen molar-refractivity contribution in [2.24, 2.45) is 17.8 Å². The Morgan fingerprint density at radius 1 is 0.676 bits per heavy atom. The highest BCUT2D eigenvalue weighted by Gasteiger charge is 2.51. The molecule has 1 aromatic heterocycles. The van der Waals surface area contributed by atoms with E-state index in [9.17, 15) is 0 Å². The molecule has 1 nitrogen and oxygen atoms in total. The van der Waals surface area contributed by atoms with E-state index in [2.05, 4.69) is 79.7 Å². The van der Waals surface area contributed by atoms with E-state index < -0.39 is 0 Å². The summed E-state index contributed by atoms with van der Waals surface area (Å²) >= 11 is 0. The first-order chi connectivity index (χ1) is 16.6. The van der Waals surface area contributed by atoms with Gasteiger partial charge < -0.3 is 4.42 Å². The first-order valence-corrected chi connectivity index (χ1v) is 13.1. The molecule has 0 atom stereocenters. The second kappa shape index (κ2) is 6.75. The minimum Gasteiger partial charge on any atom is -0.456 e.